The van der Waals surface area contributed by atoms with Gasteiger partial charge in [0.25, 0.3) is 5.91 Å². The maximum atomic E-state index is 12.9. The number of hydrogen-bond donors (Lipinski definition) is 1. The average molecular weight is 374 g/mol. The standard InChI is InChI=1S/C18H12F2N2O3S/c1-10-16(25-17(24)12-4-8-14(20)9-5-12)22-18(26-10)21-15(23)11-2-6-13(19)7-3-11/h2-9H,1H3,(H,21,22,23). The highest BCUT2D eigenvalue weighted by Crippen LogP contribution is 2.29. The number of carbonyl (C=O) groups is 2. The molecule has 0 saturated heterocycles. The highest BCUT2D eigenvalue weighted by molar-refractivity contribution is 7.16. The van der Waals surface area contributed by atoms with E-state index in [0.29, 0.717) is 4.88 Å². The van der Waals surface area contributed by atoms with Gasteiger partial charge in [0.15, 0.2) is 5.13 Å². The molecule has 1 aromatic heterocycles. The van der Waals surface area contributed by atoms with Crippen LogP contribution in [0.1, 0.15) is 25.6 Å². The van der Waals surface area contributed by atoms with Crippen LogP contribution < -0.4 is 10.1 Å². The topological polar surface area (TPSA) is 68.3 Å². The number of anilines is 1. The molecule has 0 bridgehead atoms. The summed E-state index contributed by atoms with van der Waals surface area (Å²) in [6, 6.07) is 9.96. The number of rotatable bonds is 4. The van der Waals surface area contributed by atoms with Crippen LogP contribution in [0, 0.1) is 18.6 Å². The molecule has 3 rings (SSSR count). The van der Waals surface area contributed by atoms with Gasteiger partial charge < -0.3 is 4.74 Å². The summed E-state index contributed by atoms with van der Waals surface area (Å²) in [5.74, 6) is -2.00. The zero-order valence-corrected chi connectivity index (χ0v) is 14.3. The van der Waals surface area contributed by atoms with Gasteiger partial charge in [-0.2, -0.15) is 4.98 Å². The first-order chi connectivity index (χ1) is 12.4. The van der Waals surface area contributed by atoms with E-state index in [1.165, 1.54) is 36.4 Å². The van der Waals surface area contributed by atoms with Crippen molar-refractivity contribution >= 4 is 28.3 Å². The van der Waals surface area contributed by atoms with E-state index in [1.807, 2.05) is 0 Å². The highest BCUT2D eigenvalue weighted by atomic mass is 32.1. The number of nitrogens with zero attached hydrogens (tertiary/aromatic N) is 1. The van der Waals surface area contributed by atoms with Crippen molar-refractivity contribution in [2.75, 3.05) is 5.32 Å². The third-order valence-electron chi connectivity index (χ3n) is 3.35. The summed E-state index contributed by atoms with van der Waals surface area (Å²) in [6.45, 7) is 1.68. The normalized spacial score (nSPS) is 10.4. The quantitative estimate of drug-likeness (QED) is 0.695. The molecule has 0 radical (unpaired) electrons. The molecule has 8 heteroatoms. The predicted octanol–water partition coefficient (Wildman–Crippen LogP) is 4.20. The largest absolute Gasteiger partial charge is 0.403 e. The predicted molar refractivity (Wildman–Crippen MR) is 92.6 cm³/mol. The number of halogens is 2. The van der Waals surface area contributed by atoms with Gasteiger partial charge in [-0.1, -0.05) is 11.3 Å². The number of ether oxygens (including phenoxy) is 1. The van der Waals surface area contributed by atoms with E-state index >= 15 is 0 Å². The molecule has 26 heavy (non-hydrogen) atoms. The molecule has 1 N–H and O–H groups in total. The lowest BCUT2D eigenvalue weighted by Gasteiger charge is -2.02. The summed E-state index contributed by atoms with van der Waals surface area (Å²) in [5, 5.41) is 2.80. The van der Waals surface area contributed by atoms with Gasteiger partial charge >= 0.3 is 5.97 Å². The molecule has 2 aromatic carbocycles. The second-order valence-electron chi connectivity index (χ2n) is 5.24. The van der Waals surface area contributed by atoms with Crippen molar-refractivity contribution in [1.29, 1.82) is 0 Å². The summed E-state index contributed by atoms with van der Waals surface area (Å²) in [6.07, 6.45) is 0. The summed E-state index contributed by atoms with van der Waals surface area (Å²) < 4.78 is 31.0. The number of amides is 1. The van der Waals surface area contributed by atoms with E-state index in [1.54, 1.807) is 6.92 Å². The zero-order valence-electron chi connectivity index (χ0n) is 13.5. The SMILES string of the molecule is Cc1sc(NC(=O)c2ccc(F)cc2)nc1OC(=O)c1ccc(F)cc1. The van der Waals surface area contributed by atoms with Crippen LogP contribution in [0.5, 0.6) is 5.88 Å². The molecular formula is C18H12F2N2O3S. The minimum atomic E-state index is -0.685. The lowest BCUT2D eigenvalue weighted by Crippen LogP contribution is -2.12. The van der Waals surface area contributed by atoms with Gasteiger partial charge in [-0.3, -0.25) is 10.1 Å². The Kier molecular flexibility index (Phi) is 5.04. The number of thiazole rings is 1. The number of esters is 1. The van der Waals surface area contributed by atoms with E-state index in [9.17, 15) is 18.4 Å². The number of carbonyl (C=O) groups excluding carboxylic acids is 2. The fourth-order valence-corrected chi connectivity index (χ4v) is 2.77. The van der Waals surface area contributed by atoms with Crippen molar-refractivity contribution in [2.45, 2.75) is 6.92 Å². The average Bonchev–Trinajstić information content (AvgIpc) is 2.95. The van der Waals surface area contributed by atoms with Crippen LogP contribution in [-0.4, -0.2) is 16.9 Å². The molecule has 0 spiro atoms. The molecule has 0 fully saturated rings. The van der Waals surface area contributed by atoms with Crippen LogP contribution in [0.15, 0.2) is 48.5 Å². The van der Waals surface area contributed by atoms with Crippen molar-refractivity contribution < 1.29 is 23.1 Å². The Hall–Kier alpha value is -3.13. The Morgan fingerprint density at radius 1 is 0.962 bits per heavy atom. The Bertz CT molecular complexity index is 954. The van der Waals surface area contributed by atoms with Crippen molar-refractivity contribution in [1.82, 2.24) is 4.98 Å². The van der Waals surface area contributed by atoms with Crippen LogP contribution in [0.2, 0.25) is 0 Å². The summed E-state index contributed by atoms with van der Waals surface area (Å²) in [4.78, 5) is 28.8. The van der Waals surface area contributed by atoms with Gasteiger partial charge in [0.05, 0.1) is 10.4 Å². The smallest absolute Gasteiger partial charge is 0.344 e. The molecule has 0 aliphatic heterocycles. The van der Waals surface area contributed by atoms with E-state index < -0.39 is 23.5 Å². The van der Waals surface area contributed by atoms with Crippen molar-refractivity contribution in [2.24, 2.45) is 0 Å². The minimum absolute atomic E-state index is 0.0544. The molecule has 0 aliphatic rings. The Labute approximate surface area is 151 Å². The highest BCUT2D eigenvalue weighted by Gasteiger charge is 2.16. The number of benzene rings is 2. The molecule has 3 aromatic rings. The van der Waals surface area contributed by atoms with E-state index in [0.717, 1.165) is 23.5 Å². The van der Waals surface area contributed by atoms with E-state index in [-0.39, 0.29) is 22.1 Å². The molecule has 0 atom stereocenters. The monoisotopic (exact) mass is 374 g/mol. The van der Waals surface area contributed by atoms with Crippen LogP contribution >= 0.6 is 11.3 Å². The van der Waals surface area contributed by atoms with E-state index in [2.05, 4.69) is 10.3 Å². The van der Waals surface area contributed by atoms with Crippen molar-refractivity contribution in [3.8, 4) is 5.88 Å². The third kappa shape index (κ3) is 4.09. The number of hydrogen-bond acceptors (Lipinski definition) is 5. The molecule has 132 valence electrons. The van der Waals surface area contributed by atoms with Crippen molar-refractivity contribution in [3.05, 3.63) is 76.2 Å². The Balaban J connectivity index is 1.70. The molecule has 1 amide bonds. The Morgan fingerprint density at radius 3 is 2.08 bits per heavy atom. The molecular weight excluding hydrogens is 362 g/mol. The number of aromatic nitrogens is 1. The van der Waals surface area contributed by atoms with Crippen molar-refractivity contribution in [3.63, 3.8) is 0 Å². The van der Waals surface area contributed by atoms with Crippen LogP contribution in [0.3, 0.4) is 0 Å². The first-order valence-corrected chi connectivity index (χ1v) is 8.26. The minimum Gasteiger partial charge on any atom is -0.403 e. The summed E-state index contributed by atoms with van der Waals surface area (Å²) >= 11 is 1.13. The first kappa shape index (κ1) is 17.7. The van der Waals surface area contributed by atoms with Crippen LogP contribution in [0.25, 0.3) is 0 Å². The van der Waals surface area contributed by atoms with Gasteiger partial charge in [-0.25, -0.2) is 13.6 Å². The van der Waals surface area contributed by atoms with Crippen LogP contribution in [0.4, 0.5) is 13.9 Å². The second-order valence-corrected chi connectivity index (χ2v) is 6.44. The molecule has 0 aliphatic carbocycles. The summed E-state index contributed by atoms with van der Waals surface area (Å²) in [5.41, 5.74) is 0.444. The molecule has 0 saturated carbocycles. The third-order valence-corrected chi connectivity index (χ3v) is 4.22. The molecule has 5 nitrogen and oxygen atoms in total. The van der Waals surface area contributed by atoms with Gasteiger partial charge in [-0.15, -0.1) is 0 Å². The Morgan fingerprint density at radius 2 is 1.50 bits per heavy atom. The molecule has 0 unspecified atom stereocenters. The number of aryl methyl sites for hydroxylation is 1. The lowest BCUT2D eigenvalue weighted by atomic mass is 10.2. The van der Waals surface area contributed by atoms with Gasteiger partial charge in [-0.05, 0) is 55.5 Å². The zero-order chi connectivity index (χ0) is 18.7. The summed E-state index contributed by atoms with van der Waals surface area (Å²) in [7, 11) is 0. The maximum absolute atomic E-state index is 12.9. The number of nitrogens with one attached hydrogen (secondary N) is 1. The first-order valence-electron chi connectivity index (χ1n) is 7.44. The lowest BCUT2D eigenvalue weighted by molar-refractivity contribution is 0.0727. The van der Waals surface area contributed by atoms with Gasteiger partial charge in [0.1, 0.15) is 11.6 Å². The fraction of sp³-hybridized carbons (Fsp3) is 0.0556. The van der Waals surface area contributed by atoms with Gasteiger partial charge in [0, 0.05) is 5.56 Å². The maximum Gasteiger partial charge on any atom is 0.344 e. The fourth-order valence-electron chi connectivity index (χ4n) is 2.03. The molecule has 1 heterocycles. The second kappa shape index (κ2) is 7.40. The van der Waals surface area contributed by atoms with Gasteiger partial charge in [0.2, 0.25) is 5.88 Å². The van der Waals surface area contributed by atoms with Crippen LogP contribution in [-0.2, 0) is 0 Å². The van der Waals surface area contributed by atoms with E-state index in [4.69, 9.17) is 4.74 Å².